The van der Waals surface area contributed by atoms with Gasteiger partial charge in [0, 0.05) is 38.9 Å². The number of amides is 1. The van der Waals surface area contributed by atoms with Gasteiger partial charge in [0.1, 0.15) is 16.1 Å². The molecular weight excluding hydrogens is 494 g/mol. The zero-order valence-corrected chi connectivity index (χ0v) is 20.4. The van der Waals surface area contributed by atoms with Crippen LogP contribution >= 0.6 is 27.3 Å². The Kier molecular flexibility index (Phi) is 6.90. The van der Waals surface area contributed by atoms with Gasteiger partial charge in [0.2, 0.25) is 5.78 Å². The Morgan fingerprint density at radius 2 is 1.88 bits per heavy atom. The number of ketones is 1. The highest BCUT2D eigenvalue weighted by Crippen LogP contribution is 2.30. The average molecular weight is 518 g/mol. The number of benzene rings is 1. The van der Waals surface area contributed by atoms with Gasteiger partial charge in [-0.15, -0.1) is 11.3 Å². The number of ether oxygens (including phenoxy) is 1. The topological polar surface area (TPSA) is 80.6 Å². The molecule has 2 aromatic heterocycles. The van der Waals surface area contributed by atoms with E-state index in [0.29, 0.717) is 53.6 Å². The van der Waals surface area contributed by atoms with E-state index in [0.717, 1.165) is 10.6 Å². The number of hydrogen-bond acceptors (Lipinski definition) is 7. The lowest BCUT2D eigenvalue weighted by Crippen LogP contribution is -2.49. The van der Waals surface area contributed by atoms with Crippen molar-refractivity contribution in [3.63, 3.8) is 0 Å². The van der Waals surface area contributed by atoms with Gasteiger partial charge < -0.3 is 14.5 Å². The molecule has 0 N–H and O–H groups in total. The van der Waals surface area contributed by atoms with E-state index in [1.807, 2.05) is 44.2 Å². The minimum atomic E-state index is -0.326. The molecule has 1 saturated heterocycles. The molecule has 10 heteroatoms. The molecule has 0 unspecified atom stereocenters. The molecule has 32 heavy (non-hydrogen) atoms. The molecule has 0 aliphatic carbocycles. The fraction of sp³-hybridized carbons (Fsp3) is 0.364. The van der Waals surface area contributed by atoms with E-state index in [1.54, 1.807) is 15.8 Å². The maximum Gasteiger partial charge on any atom is 0.410 e. The molecule has 1 aliphatic rings. The second-order valence-corrected chi connectivity index (χ2v) is 9.37. The molecule has 1 amide bonds. The van der Waals surface area contributed by atoms with Crippen LogP contribution in [0.15, 0.2) is 41.1 Å². The number of halogens is 1. The molecule has 0 atom stereocenters. The molecule has 168 valence electrons. The molecule has 1 aromatic carbocycles. The summed E-state index contributed by atoms with van der Waals surface area (Å²) in [6, 6.07) is 9.62. The number of nitrogens with zero attached hydrogens (tertiary/aromatic N) is 5. The highest BCUT2D eigenvalue weighted by Gasteiger charge is 2.29. The number of anilines is 1. The molecule has 0 radical (unpaired) electrons. The van der Waals surface area contributed by atoms with Crippen molar-refractivity contribution in [2.45, 2.75) is 27.0 Å². The smallest absolute Gasteiger partial charge is 0.410 e. The van der Waals surface area contributed by atoms with Gasteiger partial charge >= 0.3 is 6.09 Å². The standard InChI is InChI=1S/C22H24BrN5O3S/c1-3-28-13-17(18(29)19-20(23)24-15(2)32-19)21(25-28)26-9-11-27(12-10-26)22(30)31-14-16-7-5-4-6-8-16/h4-8,13H,3,9-12,14H2,1-2H3. The summed E-state index contributed by atoms with van der Waals surface area (Å²) in [5.74, 6) is 0.550. The second-order valence-electron chi connectivity index (χ2n) is 7.42. The molecule has 4 rings (SSSR count). The molecular formula is C22H24BrN5O3S. The SMILES string of the molecule is CCn1cc(C(=O)c2sc(C)nc2Br)c(N2CCN(C(=O)OCc3ccccc3)CC2)n1. The maximum absolute atomic E-state index is 13.2. The van der Waals surface area contributed by atoms with Crippen LogP contribution in [0.25, 0.3) is 0 Å². The molecule has 0 bridgehead atoms. The van der Waals surface area contributed by atoms with E-state index < -0.39 is 0 Å². The van der Waals surface area contributed by atoms with Crippen LogP contribution in [0, 0.1) is 6.92 Å². The van der Waals surface area contributed by atoms with Crippen molar-refractivity contribution in [2.75, 3.05) is 31.1 Å². The largest absolute Gasteiger partial charge is 0.445 e. The lowest BCUT2D eigenvalue weighted by atomic mass is 10.1. The Balaban J connectivity index is 1.43. The predicted molar refractivity (Wildman–Crippen MR) is 126 cm³/mol. The first-order valence-electron chi connectivity index (χ1n) is 10.4. The van der Waals surface area contributed by atoms with Crippen molar-refractivity contribution < 1.29 is 14.3 Å². The third-order valence-electron chi connectivity index (χ3n) is 5.25. The predicted octanol–water partition coefficient (Wildman–Crippen LogP) is 4.12. The van der Waals surface area contributed by atoms with Gasteiger partial charge in [0.15, 0.2) is 5.82 Å². The van der Waals surface area contributed by atoms with Crippen LogP contribution in [-0.2, 0) is 17.9 Å². The summed E-state index contributed by atoms with van der Waals surface area (Å²) in [5, 5.41) is 5.46. The van der Waals surface area contributed by atoms with Crippen molar-refractivity contribution in [2.24, 2.45) is 0 Å². The monoisotopic (exact) mass is 517 g/mol. The third kappa shape index (κ3) is 4.86. The number of piperazine rings is 1. The second kappa shape index (κ2) is 9.83. The average Bonchev–Trinajstić information content (AvgIpc) is 3.40. The van der Waals surface area contributed by atoms with Gasteiger partial charge in [0.25, 0.3) is 0 Å². The Bertz CT molecular complexity index is 1110. The fourth-order valence-corrected chi connectivity index (χ4v) is 5.11. The van der Waals surface area contributed by atoms with Crippen LogP contribution in [0.3, 0.4) is 0 Å². The lowest BCUT2D eigenvalue weighted by molar-refractivity contribution is 0.0939. The molecule has 0 saturated carbocycles. The van der Waals surface area contributed by atoms with E-state index in [1.165, 1.54) is 11.3 Å². The Hall–Kier alpha value is -2.72. The van der Waals surface area contributed by atoms with Gasteiger partial charge in [-0.25, -0.2) is 9.78 Å². The van der Waals surface area contributed by atoms with E-state index in [-0.39, 0.29) is 18.5 Å². The third-order valence-corrected chi connectivity index (χ3v) is 7.06. The molecule has 0 spiro atoms. The van der Waals surface area contributed by atoms with Gasteiger partial charge in [-0.3, -0.25) is 9.48 Å². The number of aromatic nitrogens is 3. The number of hydrogen-bond donors (Lipinski definition) is 0. The summed E-state index contributed by atoms with van der Waals surface area (Å²) in [6.07, 6.45) is 1.47. The first-order chi connectivity index (χ1) is 15.5. The van der Waals surface area contributed by atoms with Crippen molar-refractivity contribution in [1.29, 1.82) is 0 Å². The van der Waals surface area contributed by atoms with Crippen molar-refractivity contribution in [3.8, 4) is 0 Å². The first kappa shape index (κ1) is 22.5. The van der Waals surface area contributed by atoms with E-state index >= 15 is 0 Å². The quantitative estimate of drug-likeness (QED) is 0.457. The van der Waals surface area contributed by atoms with E-state index in [2.05, 4.69) is 30.9 Å². The van der Waals surface area contributed by atoms with Crippen molar-refractivity contribution in [3.05, 3.63) is 62.1 Å². The summed E-state index contributed by atoms with van der Waals surface area (Å²) in [5.41, 5.74) is 1.51. The van der Waals surface area contributed by atoms with Gasteiger partial charge in [0.05, 0.1) is 10.6 Å². The zero-order chi connectivity index (χ0) is 22.7. The summed E-state index contributed by atoms with van der Waals surface area (Å²) in [7, 11) is 0. The van der Waals surface area contributed by atoms with Crippen LogP contribution < -0.4 is 4.90 Å². The molecule has 3 heterocycles. The molecule has 1 aliphatic heterocycles. The van der Waals surface area contributed by atoms with Crippen molar-refractivity contribution in [1.82, 2.24) is 19.7 Å². The first-order valence-corrected chi connectivity index (χ1v) is 12.0. The number of carbonyl (C=O) groups is 2. The number of aryl methyl sites for hydroxylation is 2. The van der Waals surface area contributed by atoms with Crippen LogP contribution in [0.5, 0.6) is 0 Å². The normalized spacial score (nSPS) is 14.0. The molecule has 3 aromatic rings. The number of thiazole rings is 1. The van der Waals surface area contributed by atoms with E-state index in [9.17, 15) is 9.59 Å². The summed E-state index contributed by atoms with van der Waals surface area (Å²) in [6.45, 7) is 6.93. The Labute approximate surface area is 198 Å². The van der Waals surface area contributed by atoms with E-state index in [4.69, 9.17) is 4.74 Å². The fourth-order valence-electron chi connectivity index (χ4n) is 3.54. The maximum atomic E-state index is 13.2. The Morgan fingerprint density at radius 3 is 2.50 bits per heavy atom. The highest BCUT2D eigenvalue weighted by atomic mass is 79.9. The lowest BCUT2D eigenvalue weighted by Gasteiger charge is -2.34. The highest BCUT2D eigenvalue weighted by molar-refractivity contribution is 9.10. The van der Waals surface area contributed by atoms with Crippen LogP contribution in [0.2, 0.25) is 0 Å². The van der Waals surface area contributed by atoms with Gasteiger partial charge in [-0.05, 0) is 35.3 Å². The number of carbonyl (C=O) groups excluding carboxylic acids is 2. The number of rotatable bonds is 6. The van der Waals surface area contributed by atoms with Gasteiger partial charge in [-0.1, -0.05) is 30.3 Å². The van der Waals surface area contributed by atoms with Crippen LogP contribution in [-0.4, -0.2) is 57.7 Å². The minimum absolute atomic E-state index is 0.0955. The molecule has 1 fully saturated rings. The van der Waals surface area contributed by atoms with Crippen LogP contribution in [0.4, 0.5) is 10.6 Å². The molecule has 8 nitrogen and oxygen atoms in total. The Morgan fingerprint density at radius 1 is 1.16 bits per heavy atom. The summed E-state index contributed by atoms with van der Waals surface area (Å²) < 4.78 is 7.78. The summed E-state index contributed by atoms with van der Waals surface area (Å²) >= 11 is 4.76. The minimum Gasteiger partial charge on any atom is -0.445 e. The zero-order valence-electron chi connectivity index (χ0n) is 18.0. The van der Waals surface area contributed by atoms with Crippen LogP contribution in [0.1, 0.15) is 32.7 Å². The van der Waals surface area contributed by atoms with Gasteiger partial charge in [-0.2, -0.15) is 5.10 Å². The summed E-state index contributed by atoms with van der Waals surface area (Å²) in [4.78, 5) is 34.3. The van der Waals surface area contributed by atoms with Crippen molar-refractivity contribution >= 4 is 45.0 Å².